The summed E-state index contributed by atoms with van der Waals surface area (Å²) < 4.78 is 176. The second kappa shape index (κ2) is 23.3. The van der Waals surface area contributed by atoms with Crippen LogP contribution in [0, 0.1) is 0 Å². The second-order valence-corrected chi connectivity index (χ2v) is 26.4. The number of nitrogens with one attached hydrogen (secondary N) is 4. The Kier molecular flexibility index (Phi) is 16.0. The van der Waals surface area contributed by atoms with Crippen molar-refractivity contribution in [1.82, 2.24) is 29.9 Å². The van der Waals surface area contributed by atoms with Gasteiger partial charge in [0.2, 0.25) is 34.4 Å². The highest BCUT2D eigenvalue weighted by atomic mass is 35.5. The lowest BCUT2D eigenvalue weighted by Gasteiger charge is -2.15. The highest BCUT2D eigenvalue weighted by Gasteiger charge is 2.28. The number of aromatic hydroxyl groups is 2. The average molecular weight is 1360 g/mol. The summed E-state index contributed by atoms with van der Waals surface area (Å²) in [5.74, 6) is -2.90. The number of anilines is 8. The molecule has 11 rings (SSSR count). The summed E-state index contributed by atoms with van der Waals surface area (Å²) in [4.78, 5) is 21.0. The zero-order valence-electron chi connectivity index (χ0n) is 44.3. The first-order valence-electron chi connectivity index (χ1n) is 24.7. The number of phenols is 2. The molecule has 31 nitrogen and oxygen atoms in total. The Morgan fingerprint density at radius 1 is 0.378 bits per heavy atom. The number of halogens is 2. The maximum absolute atomic E-state index is 12.8. The first kappa shape index (κ1) is 61.8. The Labute approximate surface area is 515 Å². The van der Waals surface area contributed by atoms with Gasteiger partial charge in [0.15, 0.2) is 11.5 Å². The molecule has 0 saturated carbocycles. The largest absolute Gasteiger partial charge is 0.505 e. The van der Waals surface area contributed by atoms with E-state index in [1.165, 1.54) is 97.1 Å². The van der Waals surface area contributed by atoms with Gasteiger partial charge in [0.05, 0.1) is 22.0 Å². The molecule has 11 aromatic rings. The van der Waals surface area contributed by atoms with Crippen LogP contribution >= 0.6 is 23.2 Å². The van der Waals surface area contributed by atoms with E-state index in [4.69, 9.17) is 23.2 Å². The summed E-state index contributed by atoms with van der Waals surface area (Å²) in [6.07, 6.45) is 0. The minimum absolute atomic E-state index is 0.0245. The molecule has 38 heteroatoms. The van der Waals surface area contributed by atoms with E-state index in [1.54, 1.807) is 12.1 Å². The normalized spacial score (nSPS) is 12.6. The lowest BCUT2D eigenvalue weighted by Crippen LogP contribution is -2.06. The highest BCUT2D eigenvalue weighted by molar-refractivity contribution is 7.87. The van der Waals surface area contributed by atoms with E-state index >= 15 is 0 Å². The first-order chi connectivity index (χ1) is 42.3. The molecule has 0 atom stereocenters. The van der Waals surface area contributed by atoms with Crippen molar-refractivity contribution in [3.63, 3.8) is 0 Å². The van der Waals surface area contributed by atoms with Gasteiger partial charge in [-0.3, -0.25) is 22.8 Å². The Bertz CT molecular complexity index is 5550. The van der Waals surface area contributed by atoms with Crippen molar-refractivity contribution in [1.29, 1.82) is 0 Å². The Hall–Kier alpha value is -9.83. The molecule has 11 N–H and O–H groups in total. The predicted octanol–water partition coefficient (Wildman–Crippen LogP) is 11.4. The van der Waals surface area contributed by atoms with Crippen molar-refractivity contribution in [3.8, 4) is 11.5 Å². The zero-order chi connectivity index (χ0) is 64.4. The van der Waals surface area contributed by atoms with Crippen molar-refractivity contribution in [2.45, 2.75) is 24.5 Å². The van der Waals surface area contributed by atoms with Crippen LogP contribution in [0.4, 0.5) is 69.3 Å². The van der Waals surface area contributed by atoms with Crippen molar-refractivity contribution < 1.29 is 75.1 Å². The van der Waals surface area contributed by atoms with Gasteiger partial charge in [0.25, 0.3) is 50.6 Å². The summed E-state index contributed by atoms with van der Waals surface area (Å²) in [7, 11) is -25.1. The summed E-state index contributed by atoms with van der Waals surface area (Å²) in [6.45, 7) is 0. The third kappa shape index (κ3) is 13.0. The fourth-order valence-electron chi connectivity index (χ4n) is 9.18. The molecule has 0 radical (unpaired) electrons. The monoisotopic (exact) mass is 1360 g/mol. The van der Waals surface area contributed by atoms with Crippen LogP contribution in [0.5, 0.6) is 11.5 Å². The lowest BCUT2D eigenvalue weighted by atomic mass is 10.1. The van der Waals surface area contributed by atoms with Gasteiger partial charge < -0.3 is 31.5 Å². The van der Waals surface area contributed by atoms with E-state index in [0.29, 0.717) is 16.8 Å². The van der Waals surface area contributed by atoms with E-state index in [-0.39, 0.29) is 66.8 Å². The smallest absolute Gasteiger partial charge is 0.297 e. The third-order valence-electron chi connectivity index (χ3n) is 12.9. The fourth-order valence-corrected chi connectivity index (χ4v) is 12.9. The van der Waals surface area contributed by atoms with Gasteiger partial charge in [-0.25, -0.2) is 0 Å². The molecule has 0 unspecified atom stereocenters. The molecule has 0 saturated heterocycles. The minimum Gasteiger partial charge on any atom is -0.505 e. The molecule has 2 heterocycles. The van der Waals surface area contributed by atoms with Crippen LogP contribution in [0.15, 0.2) is 184 Å². The first-order valence-corrected chi connectivity index (χ1v) is 32.7. The van der Waals surface area contributed by atoms with Crippen LogP contribution in [-0.4, -0.2) is 105 Å². The molecule has 0 aliphatic heterocycles. The van der Waals surface area contributed by atoms with Crippen molar-refractivity contribution in [2.24, 2.45) is 20.5 Å². The number of rotatable bonds is 17. The number of benzene rings is 9. The number of fused-ring (bicyclic) bond motifs is 4. The number of nitrogens with zero attached hydrogens (tertiary/aromatic N) is 10. The molecule has 0 aliphatic rings. The van der Waals surface area contributed by atoms with E-state index in [1.807, 2.05) is 0 Å². The SMILES string of the molecule is O=S(=O)(O)c1cc(Nc2nc(Cl)nc(Nc3ccc(Nc4nc(Cl)nc(Nc5cccc6cc(S(=O)(=O)O)c(N=Nc7ccc8ccccc8c7S(=O)(=O)O)c(O)c56)n4)cc3)n2)c2c(O)c(N=Nc3ccc4c(S(=O)(=O)O)cccc4c3)c(S(=O)(=O)O)cc2c1. The molecule has 2 aromatic heterocycles. The maximum Gasteiger partial charge on any atom is 0.297 e. The van der Waals surface area contributed by atoms with Crippen LogP contribution in [0.25, 0.3) is 43.1 Å². The van der Waals surface area contributed by atoms with Crippen LogP contribution in [0.3, 0.4) is 0 Å². The van der Waals surface area contributed by atoms with Crippen molar-refractivity contribution in [2.75, 3.05) is 21.3 Å². The number of phenolic OH excluding ortho intramolecular Hbond substituents is 2. The molecule has 0 aliphatic carbocycles. The molecule has 0 spiro atoms. The predicted molar refractivity (Wildman–Crippen MR) is 326 cm³/mol. The number of azo groups is 2. The Balaban J connectivity index is 0.855. The van der Waals surface area contributed by atoms with Crippen molar-refractivity contribution >= 4 is 186 Å². The second-order valence-electron chi connectivity index (χ2n) is 18.8. The van der Waals surface area contributed by atoms with E-state index in [9.17, 15) is 75.1 Å². The summed E-state index contributed by atoms with van der Waals surface area (Å²) in [5, 5.41) is 49.6. The maximum atomic E-state index is 12.8. The Morgan fingerprint density at radius 3 is 1.44 bits per heavy atom. The van der Waals surface area contributed by atoms with Crippen LogP contribution < -0.4 is 21.3 Å². The van der Waals surface area contributed by atoms with Crippen molar-refractivity contribution in [3.05, 3.63) is 150 Å². The summed E-state index contributed by atoms with van der Waals surface area (Å²) in [5.41, 5.74) is -1.90. The van der Waals surface area contributed by atoms with Gasteiger partial charge in [-0.15, -0.1) is 15.3 Å². The summed E-state index contributed by atoms with van der Waals surface area (Å²) >= 11 is 12.6. The number of aromatic nitrogens is 6. The Morgan fingerprint density at radius 2 is 0.878 bits per heavy atom. The molecular weight excluding hydrogens is 1320 g/mol. The molecule has 0 amide bonds. The number of hydrogen-bond acceptors (Lipinski definition) is 26. The van der Waals surface area contributed by atoms with Gasteiger partial charge in [-0.2, -0.15) is 77.1 Å². The van der Waals surface area contributed by atoms with Crippen LogP contribution in [0.2, 0.25) is 10.6 Å². The standard InChI is InChI=1S/C52H34Cl2N14O17S5/c53-47-59-49(63-51(61-47)57-34-9-3-7-26-21-38(88(77,78)79)43(44(69)40(26)34)68-66-35-18-11-24-5-1-2-8-33(24)46(35)90(83,84)85)55-28-12-14-29(15-13-28)56-50-60-48(54)62-52(64-50)58-36-23-31(86(71,72)73)20-27-22-39(89(80,81)82)42(45(70)41(27)36)67-65-30-16-17-32-25(19-30)6-4-10-37(32)87(74,75)76/h1-23,69-70H,(H,71,72,73)(H,74,75,76)(H,77,78,79)(H,80,81,82)(H,83,84,85)(H2,55,57,59,61,63)(H2,56,58,60,62,64). The quantitative estimate of drug-likeness (QED) is 0.0298. The summed E-state index contributed by atoms with van der Waals surface area (Å²) in [6, 6.07) is 30.3. The number of hydrogen-bond donors (Lipinski definition) is 11. The molecule has 458 valence electrons. The third-order valence-corrected chi connectivity index (χ3v) is 17.7. The van der Waals surface area contributed by atoms with Gasteiger partial charge >= 0.3 is 0 Å². The van der Waals surface area contributed by atoms with Gasteiger partial charge in [-0.05, 0) is 124 Å². The van der Waals surface area contributed by atoms with Crippen LogP contribution in [0.1, 0.15) is 0 Å². The molecule has 0 fully saturated rings. The van der Waals surface area contributed by atoms with E-state index in [2.05, 4.69) is 71.6 Å². The molecular formula is C52H34Cl2N14O17S5. The van der Waals surface area contributed by atoms with Gasteiger partial charge in [0.1, 0.15) is 36.6 Å². The minimum atomic E-state index is -5.30. The fraction of sp³-hybridized carbons (Fsp3) is 0. The van der Waals surface area contributed by atoms with Gasteiger partial charge in [0, 0.05) is 32.9 Å². The highest BCUT2D eigenvalue weighted by Crippen LogP contribution is 2.48. The van der Waals surface area contributed by atoms with Gasteiger partial charge in [-0.1, -0.05) is 60.7 Å². The molecule has 0 bridgehead atoms. The topological polar surface area (TPSA) is 487 Å². The molecule has 9 aromatic carbocycles. The van der Waals surface area contributed by atoms with E-state index in [0.717, 1.165) is 30.3 Å². The van der Waals surface area contributed by atoms with E-state index < -0.39 is 126 Å². The zero-order valence-corrected chi connectivity index (χ0v) is 49.9. The van der Waals surface area contributed by atoms with Crippen LogP contribution in [-0.2, 0) is 50.6 Å². The lowest BCUT2D eigenvalue weighted by molar-refractivity contribution is 0.471. The molecule has 90 heavy (non-hydrogen) atoms. The average Bonchev–Trinajstić information content (AvgIpc) is 0.767.